The van der Waals surface area contributed by atoms with Crippen molar-refractivity contribution in [2.45, 2.75) is 38.5 Å². The molecule has 1 unspecified atom stereocenters. The highest BCUT2D eigenvalue weighted by Crippen LogP contribution is 2.31. The van der Waals surface area contributed by atoms with Crippen LogP contribution in [0.5, 0.6) is 0 Å². The van der Waals surface area contributed by atoms with Crippen LogP contribution < -0.4 is 0 Å². The number of furan rings is 1. The number of rotatable bonds is 2. The second-order valence-corrected chi connectivity index (χ2v) is 6.16. The summed E-state index contributed by atoms with van der Waals surface area (Å²) in [7, 11) is 0. The molecule has 0 saturated heterocycles. The van der Waals surface area contributed by atoms with Gasteiger partial charge in [-0.25, -0.2) is 0 Å². The number of hydrogen-bond donors (Lipinski definition) is 0. The molecule has 0 spiro atoms. The van der Waals surface area contributed by atoms with Crippen LogP contribution in [0.15, 0.2) is 41.0 Å². The molecule has 2 rings (SSSR count). The van der Waals surface area contributed by atoms with E-state index in [0.717, 1.165) is 16.9 Å². The summed E-state index contributed by atoms with van der Waals surface area (Å²) in [6.07, 6.45) is 1.73. The Kier molecular flexibility index (Phi) is 3.54. The molecule has 1 heterocycles. The first-order chi connectivity index (χ1) is 8.38. The fourth-order valence-corrected chi connectivity index (χ4v) is 2.20. The SMILES string of the molecule is Cc1cc(C(Cl)c2ccc(C(C)(C)C)cc2)co1. The van der Waals surface area contributed by atoms with Gasteiger partial charge >= 0.3 is 0 Å². The van der Waals surface area contributed by atoms with E-state index < -0.39 is 0 Å². The molecule has 0 fully saturated rings. The Morgan fingerprint density at radius 1 is 1.06 bits per heavy atom. The normalized spacial score (nSPS) is 13.6. The second kappa shape index (κ2) is 4.81. The van der Waals surface area contributed by atoms with Crippen LogP contribution in [-0.4, -0.2) is 0 Å². The van der Waals surface area contributed by atoms with Gasteiger partial charge in [-0.3, -0.25) is 0 Å². The molecule has 0 amide bonds. The molecule has 1 nitrogen and oxygen atoms in total. The van der Waals surface area contributed by atoms with E-state index in [1.54, 1.807) is 6.26 Å². The predicted molar refractivity (Wildman–Crippen MR) is 76.3 cm³/mol. The smallest absolute Gasteiger partial charge is 0.101 e. The van der Waals surface area contributed by atoms with Crippen LogP contribution >= 0.6 is 11.6 Å². The first-order valence-corrected chi connectivity index (χ1v) is 6.61. The Morgan fingerprint density at radius 3 is 2.11 bits per heavy atom. The molecule has 0 aliphatic heterocycles. The van der Waals surface area contributed by atoms with Crippen molar-refractivity contribution >= 4 is 11.6 Å². The van der Waals surface area contributed by atoms with Crippen molar-refractivity contribution in [2.24, 2.45) is 0 Å². The average Bonchev–Trinajstić information content (AvgIpc) is 2.74. The third-order valence-electron chi connectivity index (χ3n) is 3.11. The minimum absolute atomic E-state index is 0.142. The molecule has 0 bridgehead atoms. The van der Waals surface area contributed by atoms with Gasteiger partial charge in [-0.1, -0.05) is 45.0 Å². The van der Waals surface area contributed by atoms with Gasteiger partial charge in [-0.2, -0.15) is 0 Å². The summed E-state index contributed by atoms with van der Waals surface area (Å²) in [5.41, 5.74) is 3.61. The van der Waals surface area contributed by atoms with Crippen molar-refractivity contribution in [2.75, 3.05) is 0 Å². The van der Waals surface area contributed by atoms with E-state index in [4.69, 9.17) is 16.0 Å². The van der Waals surface area contributed by atoms with Gasteiger partial charge in [0.05, 0.1) is 11.6 Å². The van der Waals surface area contributed by atoms with Gasteiger partial charge in [-0.15, -0.1) is 11.6 Å². The molecule has 0 N–H and O–H groups in total. The molecule has 0 aliphatic rings. The standard InChI is InChI=1S/C16H19ClO/c1-11-9-13(10-18-11)15(17)12-5-7-14(8-6-12)16(2,3)4/h5-10,15H,1-4H3. The molecular weight excluding hydrogens is 244 g/mol. The monoisotopic (exact) mass is 262 g/mol. The van der Waals surface area contributed by atoms with Gasteiger partial charge in [0.2, 0.25) is 0 Å². The molecule has 0 radical (unpaired) electrons. The van der Waals surface area contributed by atoms with Crippen LogP contribution in [0.3, 0.4) is 0 Å². The molecular formula is C16H19ClO. The molecule has 96 valence electrons. The van der Waals surface area contributed by atoms with E-state index in [9.17, 15) is 0 Å². The Bertz CT molecular complexity index is 517. The Hall–Kier alpha value is -1.21. The first kappa shape index (κ1) is 13.2. The highest BCUT2D eigenvalue weighted by atomic mass is 35.5. The van der Waals surface area contributed by atoms with Crippen molar-refractivity contribution in [1.29, 1.82) is 0 Å². The topological polar surface area (TPSA) is 13.1 Å². The Balaban J connectivity index is 2.24. The largest absolute Gasteiger partial charge is 0.469 e. The third-order valence-corrected chi connectivity index (χ3v) is 3.62. The molecule has 2 heteroatoms. The van der Waals surface area contributed by atoms with E-state index in [2.05, 4.69) is 45.0 Å². The van der Waals surface area contributed by atoms with E-state index >= 15 is 0 Å². The summed E-state index contributed by atoms with van der Waals surface area (Å²) in [4.78, 5) is 0. The van der Waals surface area contributed by atoms with Crippen molar-refractivity contribution in [3.63, 3.8) is 0 Å². The zero-order valence-corrected chi connectivity index (χ0v) is 12.1. The lowest BCUT2D eigenvalue weighted by Gasteiger charge is -2.19. The van der Waals surface area contributed by atoms with Gasteiger partial charge < -0.3 is 4.42 Å². The van der Waals surface area contributed by atoms with Gasteiger partial charge in [0, 0.05) is 5.56 Å². The fourth-order valence-electron chi connectivity index (χ4n) is 1.94. The van der Waals surface area contributed by atoms with Crippen molar-refractivity contribution < 1.29 is 4.42 Å². The average molecular weight is 263 g/mol. The summed E-state index contributed by atoms with van der Waals surface area (Å²) < 4.78 is 5.30. The molecule has 18 heavy (non-hydrogen) atoms. The number of benzene rings is 1. The molecule has 0 saturated carbocycles. The van der Waals surface area contributed by atoms with Crippen LogP contribution in [-0.2, 0) is 5.41 Å². The number of hydrogen-bond acceptors (Lipinski definition) is 1. The highest BCUT2D eigenvalue weighted by Gasteiger charge is 2.16. The van der Waals surface area contributed by atoms with Crippen LogP contribution in [0, 0.1) is 6.92 Å². The lowest BCUT2D eigenvalue weighted by atomic mass is 9.86. The Morgan fingerprint density at radius 2 is 1.67 bits per heavy atom. The molecule has 1 aromatic carbocycles. The number of halogens is 1. The van der Waals surface area contributed by atoms with Crippen molar-refractivity contribution in [3.8, 4) is 0 Å². The zero-order chi connectivity index (χ0) is 13.3. The summed E-state index contributed by atoms with van der Waals surface area (Å²) in [5.74, 6) is 0.891. The maximum atomic E-state index is 6.45. The van der Waals surface area contributed by atoms with E-state index in [1.165, 1.54) is 5.56 Å². The zero-order valence-electron chi connectivity index (χ0n) is 11.3. The Labute approximate surface area is 114 Å². The molecule has 2 aromatic rings. The quantitative estimate of drug-likeness (QED) is 0.677. The first-order valence-electron chi connectivity index (χ1n) is 6.17. The van der Waals surface area contributed by atoms with E-state index in [1.807, 2.05) is 13.0 Å². The van der Waals surface area contributed by atoms with Crippen LogP contribution in [0.1, 0.15) is 48.6 Å². The summed E-state index contributed by atoms with van der Waals surface area (Å²) in [5, 5.41) is -0.142. The van der Waals surface area contributed by atoms with Crippen LogP contribution in [0.2, 0.25) is 0 Å². The van der Waals surface area contributed by atoms with Crippen LogP contribution in [0.25, 0.3) is 0 Å². The van der Waals surface area contributed by atoms with Gasteiger partial charge in [0.15, 0.2) is 0 Å². The number of aryl methyl sites for hydroxylation is 1. The van der Waals surface area contributed by atoms with Crippen molar-refractivity contribution in [3.05, 3.63) is 59.0 Å². The third kappa shape index (κ3) is 2.78. The summed E-state index contributed by atoms with van der Waals surface area (Å²) in [6, 6.07) is 10.5. The highest BCUT2D eigenvalue weighted by molar-refractivity contribution is 6.22. The summed E-state index contributed by atoms with van der Waals surface area (Å²) >= 11 is 6.45. The maximum Gasteiger partial charge on any atom is 0.101 e. The van der Waals surface area contributed by atoms with Gasteiger partial charge in [-0.05, 0) is 29.5 Å². The molecule has 1 atom stereocenters. The van der Waals surface area contributed by atoms with Crippen LogP contribution in [0.4, 0.5) is 0 Å². The molecule has 1 aromatic heterocycles. The van der Waals surface area contributed by atoms with Gasteiger partial charge in [0.25, 0.3) is 0 Å². The van der Waals surface area contributed by atoms with E-state index in [-0.39, 0.29) is 10.8 Å². The minimum Gasteiger partial charge on any atom is -0.469 e. The fraction of sp³-hybridized carbons (Fsp3) is 0.375. The second-order valence-electron chi connectivity index (χ2n) is 5.73. The minimum atomic E-state index is -0.142. The molecule has 0 aliphatic carbocycles. The predicted octanol–water partition coefficient (Wildman–Crippen LogP) is 5.21. The summed E-state index contributed by atoms with van der Waals surface area (Å²) in [6.45, 7) is 8.55. The van der Waals surface area contributed by atoms with Gasteiger partial charge in [0.1, 0.15) is 5.76 Å². The van der Waals surface area contributed by atoms with E-state index in [0.29, 0.717) is 0 Å². The number of alkyl halides is 1. The lowest BCUT2D eigenvalue weighted by Crippen LogP contribution is -2.10. The maximum absolute atomic E-state index is 6.45. The van der Waals surface area contributed by atoms with Crippen molar-refractivity contribution in [1.82, 2.24) is 0 Å². The lowest BCUT2D eigenvalue weighted by molar-refractivity contribution is 0.532.